The minimum Gasteiger partial charge on any atom is -0.377 e. The summed E-state index contributed by atoms with van der Waals surface area (Å²) in [7, 11) is 0. The number of aryl methyl sites for hydroxylation is 2. The first-order chi connectivity index (χ1) is 11.6. The van der Waals surface area contributed by atoms with Crippen LogP contribution in [0.2, 0.25) is 0 Å². The van der Waals surface area contributed by atoms with E-state index in [0.717, 1.165) is 70.2 Å². The second-order valence-corrected chi connectivity index (χ2v) is 6.73. The van der Waals surface area contributed by atoms with Crippen LogP contribution in [0.3, 0.4) is 0 Å². The first kappa shape index (κ1) is 17.4. The Morgan fingerprint density at radius 1 is 1.29 bits per heavy atom. The number of piperazine rings is 1. The zero-order chi connectivity index (χ0) is 16.9. The van der Waals surface area contributed by atoms with Crippen LogP contribution in [-0.4, -0.2) is 72.8 Å². The summed E-state index contributed by atoms with van der Waals surface area (Å²) in [5.74, 6) is 1.08. The van der Waals surface area contributed by atoms with Gasteiger partial charge in [0.25, 0.3) is 0 Å². The van der Waals surface area contributed by atoms with E-state index in [9.17, 15) is 4.79 Å². The van der Waals surface area contributed by atoms with Crippen molar-refractivity contribution in [3.63, 3.8) is 0 Å². The van der Waals surface area contributed by atoms with E-state index < -0.39 is 0 Å². The van der Waals surface area contributed by atoms with Gasteiger partial charge in [-0.05, 0) is 26.7 Å². The minimum absolute atomic E-state index is 0.185. The second-order valence-electron chi connectivity index (χ2n) is 6.73. The van der Waals surface area contributed by atoms with Crippen LogP contribution in [0.25, 0.3) is 0 Å². The highest BCUT2D eigenvalue weighted by molar-refractivity contribution is 5.78. The van der Waals surface area contributed by atoms with Gasteiger partial charge >= 0.3 is 0 Å². The predicted octanol–water partition coefficient (Wildman–Crippen LogP) is 0.704. The third-order valence-electron chi connectivity index (χ3n) is 4.96. The molecule has 0 unspecified atom stereocenters. The third kappa shape index (κ3) is 4.34. The van der Waals surface area contributed by atoms with Crippen molar-refractivity contribution in [2.24, 2.45) is 0 Å². The number of nitrogens with zero attached hydrogens (tertiary/aromatic N) is 3. The van der Waals surface area contributed by atoms with Gasteiger partial charge in [0.05, 0.1) is 18.3 Å². The molecule has 1 aromatic heterocycles. The van der Waals surface area contributed by atoms with E-state index in [1.165, 1.54) is 5.56 Å². The molecule has 7 nitrogen and oxygen atoms in total. The Hall–Kier alpha value is -1.44. The van der Waals surface area contributed by atoms with Crippen LogP contribution in [0.15, 0.2) is 4.52 Å². The molecule has 134 valence electrons. The fourth-order valence-corrected chi connectivity index (χ4v) is 3.36. The van der Waals surface area contributed by atoms with Crippen molar-refractivity contribution in [3.8, 4) is 0 Å². The molecule has 2 fully saturated rings. The van der Waals surface area contributed by atoms with Gasteiger partial charge < -0.3 is 19.5 Å². The molecule has 24 heavy (non-hydrogen) atoms. The molecule has 1 N–H and O–H groups in total. The molecular formula is C17H28N4O3. The lowest BCUT2D eigenvalue weighted by Gasteiger charge is -2.34. The van der Waals surface area contributed by atoms with Gasteiger partial charge in [0.1, 0.15) is 5.76 Å². The van der Waals surface area contributed by atoms with E-state index in [0.29, 0.717) is 6.54 Å². The van der Waals surface area contributed by atoms with Crippen LogP contribution in [0, 0.1) is 13.8 Å². The first-order valence-electron chi connectivity index (χ1n) is 8.87. The molecule has 2 saturated heterocycles. The quantitative estimate of drug-likeness (QED) is 0.825. The highest BCUT2D eigenvalue weighted by Gasteiger charge is 2.23. The van der Waals surface area contributed by atoms with E-state index >= 15 is 0 Å². The van der Waals surface area contributed by atoms with Crippen molar-refractivity contribution in [1.82, 2.24) is 20.3 Å². The smallest absolute Gasteiger partial charge is 0.236 e. The van der Waals surface area contributed by atoms with Gasteiger partial charge in [-0.2, -0.15) is 0 Å². The minimum atomic E-state index is 0.185. The molecule has 3 rings (SSSR count). The van der Waals surface area contributed by atoms with Gasteiger partial charge in [0.2, 0.25) is 5.91 Å². The van der Waals surface area contributed by atoms with E-state index in [-0.39, 0.29) is 12.0 Å². The van der Waals surface area contributed by atoms with Crippen LogP contribution in [0.4, 0.5) is 0 Å². The fraction of sp³-hybridized carbons (Fsp3) is 0.765. The van der Waals surface area contributed by atoms with E-state index in [1.54, 1.807) is 0 Å². The summed E-state index contributed by atoms with van der Waals surface area (Å²) in [5.41, 5.74) is 2.14. The van der Waals surface area contributed by atoms with Gasteiger partial charge in [-0.25, -0.2) is 0 Å². The zero-order valence-corrected chi connectivity index (χ0v) is 14.7. The second kappa shape index (κ2) is 8.09. The fourth-order valence-electron chi connectivity index (χ4n) is 3.36. The molecule has 1 amide bonds. The summed E-state index contributed by atoms with van der Waals surface area (Å²) in [5, 5.41) is 7.24. The normalized spacial score (nSPS) is 22.2. The maximum Gasteiger partial charge on any atom is 0.236 e. The molecule has 1 aromatic rings. The summed E-state index contributed by atoms with van der Waals surface area (Å²) in [6.45, 7) is 10.2. The molecule has 2 aliphatic rings. The largest absolute Gasteiger partial charge is 0.377 e. The topological polar surface area (TPSA) is 70.8 Å². The van der Waals surface area contributed by atoms with Crippen LogP contribution in [0.1, 0.15) is 29.9 Å². The average Bonchev–Trinajstić information content (AvgIpc) is 3.21. The number of nitrogens with one attached hydrogen (secondary N) is 1. The van der Waals surface area contributed by atoms with E-state index in [4.69, 9.17) is 9.26 Å². The lowest BCUT2D eigenvalue weighted by atomic mass is 10.2. The summed E-state index contributed by atoms with van der Waals surface area (Å²) in [6, 6.07) is 0. The molecule has 1 atom stereocenters. The molecule has 0 radical (unpaired) electrons. The highest BCUT2D eigenvalue weighted by atomic mass is 16.5. The average molecular weight is 336 g/mol. The van der Waals surface area contributed by atoms with Crippen molar-refractivity contribution in [2.75, 3.05) is 45.9 Å². The zero-order valence-electron chi connectivity index (χ0n) is 14.7. The molecule has 3 heterocycles. The van der Waals surface area contributed by atoms with Crippen molar-refractivity contribution in [2.45, 2.75) is 39.3 Å². The molecule has 0 bridgehead atoms. The number of aromatic nitrogens is 1. The van der Waals surface area contributed by atoms with Crippen LogP contribution < -0.4 is 5.32 Å². The summed E-state index contributed by atoms with van der Waals surface area (Å²) >= 11 is 0. The van der Waals surface area contributed by atoms with Gasteiger partial charge in [-0.1, -0.05) is 5.16 Å². The Labute approximate surface area is 143 Å². The van der Waals surface area contributed by atoms with Crippen molar-refractivity contribution in [1.29, 1.82) is 0 Å². The first-order valence-corrected chi connectivity index (χ1v) is 8.87. The number of hydrogen-bond donors (Lipinski definition) is 1. The molecule has 0 aliphatic carbocycles. The highest BCUT2D eigenvalue weighted by Crippen LogP contribution is 2.16. The monoisotopic (exact) mass is 336 g/mol. The maximum atomic E-state index is 12.3. The number of amides is 1. The Morgan fingerprint density at radius 3 is 2.71 bits per heavy atom. The Balaban J connectivity index is 1.37. The molecule has 2 aliphatic heterocycles. The number of rotatable bonds is 6. The Morgan fingerprint density at radius 2 is 2.08 bits per heavy atom. The standard InChI is InChI=1S/C17H28N4O3/c1-13-16(14(2)24-19-13)12-20-5-7-21(8-6-20)17(22)11-18-10-15-4-3-9-23-15/h15,18H,3-12H2,1-2H3/t15-/m0/s1. The number of hydrogen-bond acceptors (Lipinski definition) is 6. The van der Waals surface area contributed by atoms with Gasteiger partial charge in [-0.3, -0.25) is 9.69 Å². The van der Waals surface area contributed by atoms with Gasteiger partial charge in [0.15, 0.2) is 0 Å². The maximum absolute atomic E-state index is 12.3. The number of ether oxygens (including phenoxy) is 1. The lowest BCUT2D eigenvalue weighted by Crippen LogP contribution is -2.50. The number of carbonyl (C=O) groups excluding carboxylic acids is 1. The van der Waals surface area contributed by atoms with Crippen LogP contribution >= 0.6 is 0 Å². The van der Waals surface area contributed by atoms with Crippen LogP contribution in [-0.2, 0) is 16.1 Å². The Kier molecular flexibility index (Phi) is 5.86. The van der Waals surface area contributed by atoms with Crippen molar-refractivity contribution < 1.29 is 14.1 Å². The molecule has 0 saturated carbocycles. The predicted molar refractivity (Wildman–Crippen MR) is 89.7 cm³/mol. The SMILES string of the molecule is Cc1noc(C)c1CN1CCN(C(=O)CNC[C@@H]2CCCO2)CC1. The molecule has 0 spiro atoms. The van der Waals surface area contributed by atoms with Gasteiger partial charge in [-0.15, -0.1) is 0 Å². The Bertz CT molecular complexity index is 527. The molecule has 0 aromatic carbocycles. The van der Waals surface area contributed by atoms with E-state index in [2.05, 4.69) is 15.4 Å². The lowest BCUT2D eigenvalue weighted by molar-refractivity contribution is -0.132. The van der Waals surface area contributed by atoms with Crippen molar-refractivity contribution in [3.05, 3.63) is 17.0 Å². The summed E-state index contributed by atoms with van der Waals surface area (Å²) in [6.07, 6.45) is 2.51. The molecule has 7 heteroatoms. The number of carbonyl (C=O) groups is 1. The molecular weight excluding hydrogens is 308 g/mol. The van der Waals surface area contributed by atoms with Gasteiger partial charge in [0, 0.05) is 51.4 Å². The third-order valence-corrected chi connectivity index (χ3v) is 4.96. The van der Waals surface area contributed by atoms with Crippen LogP contribution in [0.5, 0.6) is 0 Å². The van der Waals surface area contributed by atoms with E-state index in [1.807, 2.05) is 18.7 Å². The summed E-state index contributed by atoms with van der Waals surface area (Å²) < 4.78 is 10.8. The van der Waals surface area contributed by atoms with Crippen molar-refractivity contribution >= 4 is 5.91 Å². The summed E-state index contributed by atoms with van der Waals surface area (Å²) in [4.78, 5) is 16.6.